The van der Waals surface area contributed by atoms with E-state index in [1.165, 1.54) is 22.0 Å². The predicted molar refractivity (Wildman–Crippen MR) is 89.9 cm³/mol. The van der Waals surface area contributed by atoms with E-state index in [2.05, 4.69) is 60.6 Å². The van der Waals surface area contributed by atoms with Crippen molar-refractivity contribution in [3.05, 3.63) is 45.9 Å². The molecule has 0 atom stereocenters. The smallest absolute Gasteiger partial charge is 0.107 e. The molecule has 0 fully saturated rings. The van der Waals surface area contributed by atoms with E-state index in [0.29, 0.717) is 0 Å². The normalized spacial score (nSPS) is 14.5. The highest BCUT2D eigenvalue weighted by atomic mass is 32.1. The van der Waals surface area contributed by atoms with E-state index in [-0.39, 0.29) is 5.54 Å². The Hall–Kier alpha value is -1.39. The van der Waals surface area contributed by atoms with E-state index in [1.807, 2.05) is 0 Å². The Bertz CT molecular complexity index is 612. The summed E-state index contributed by atoms with van der Waals surface area (Å²) in [7, 11) is 0. The Morgan fingerprint density at radius 2 is 2.10 bits per heavy atom. The summed E-state index contributed by atoms with van der Waals surface area (Å²) in [6.45, 7) is 9.42. The molecule has 3 rings (SSSR count). The van der Waals surface area contributed by atoms with Gasteiger partial charge in [-0.3, -0.25) is 0 Å². The van der Waals surface area contributed by atoms with Crippen LogP contribution in [0.3, 0.4) is 0 Å². The Morgan fingerprint density at radius 3 is 2.90 bits per heavy atom. The Morgan fingerprint density at radius 1 is 1.29 bits per heavy atom. The van der Waals surface area contributed by atoms with Crippen LogP contribution in [0.15, 0.2) is 29.6 Å². The molecule has 0 amide bonds. The number of hydrogen-bond acceptors (Lipinski definition) is 4. The number of benzene rings is 1. The van der Waals surface area contributed by atoms with Crippen molar-refractivity contribution in [2.24, 2.45) is 0 Å². The highest BCUT2D eigenvalue weighted by Gasteiger charge is 2.19. The van der Waals surface area contributed by atoms with Crippen molar-refractivity contribution in [2.45, 2.75) is 45.8 Å². The van der Waals surface area contributed by atoms with Gasteiger partial charge in [0.05, 0.1) is 12.2 Å². The summed E-state index contributed by atoms with van der Waals surface area (Å²) in [5, 5.41) is 6.86. The first-order chi connectivity index (χ1) is 10.0. The van der Waals surface area contributed by atoms with Crippen LogP contribution in [0, 0.1) is 0 Å². The maximum absolute atomic E-state index is 4.76. The zero-order chi connectivity index (χ0) is 14.9. The number of hydrogen-bond donors (Lipinski definition) is 1. The van der Waals surface area contributed by atoms with Crippen LogP contribution >= 0.6 is 11.3 Å². The molecule has 2 aromatic rings. The lowest BCUT2D eigenvalue weighted by Gasteiger charge is -2.19. The molecule has 0 radical (unpaired) electrons. The summed E-state index contributed by atoms with van der Waals surface area (Å²) in [6.07, 6.45) is 1.15. The molecule has 1 aromatic carbocycles. The monoisotopic (exact) mass is 301 g/mol. The van der Waals surface area contributed by atoms with Gasteiger partial charge in [0, 0.05) is 29.7 Å². The quantitative estimate of drug-likeness (QED) is 0.935. The molecule has 1 N–H and O–H groups in total. The first kappa shape index (κ1) is 14.5. The van der Waals surface area contributed by atoms with Gasteiger partial charge in [0.25, 0.3) is 0 Å². The number of thiazole rings is 1. The first-order valence-corrected chi connectivity index (χ1v) is 8.40. The Balaban J connectivity index is 1.63. The van der Waals surface area contributed by atoms with Crippen molar-refractivity contribution in [2.75, 3.05) is 11.4 Å². The van der Waals surface area contributed by atoms with Gasteiger partial charge < -0.3 is 10.2 Å². The summed E-state index contributed by atoms with van der Waals surface area (Å²) in [5.74, 6) is 0. The number of nitrogens with one attached hydrogen (secondary N) is 1. The molecular formula is C17H23N3S. The van der Waals surface area contributed by atoms with E-state index in [0.717, 1.165) is 26.1 Å². The van der Waals surface area contributed by atoms with E-state index < -0.39 is 0 Å². The fourth-order valence-electron chi connectivity index (χ4n) is 2.61. The van der Waals surface area contributed by atoms with E-state index in [9.17, 15) is 0 Å². The van der Waals surface area contributed by atoms with Gasteiger partial charge in [-0.15, -0.1) is 11.3 Å². The van der Waals surface area contributed by atoms with Crippen LogP contribution in [-0.2, 0) is 19.5 Å². The Kier molecular flexibility index (Phi) is 4.00. The van der Waals surface area contributed by atoms with Crippen molar-refractivity contribution in [1.82, 2.24) is 10.3 Å². The minimum absolute atomic E-state index is 0.139. The summed E-state index contributed by atoms with van der Waals surface area (Å²) >= 11 is 1.75. The Labute approximate surface area is 131 Å². The van der Waals surface area contributed by atoms with Gasteiger partial charge in [0.2, 0.25) is 0 Å². The molecule has 0 saturated heterocycles. The highest BCUT2D eigenvalue weighted by Crippen LogP contribution is 2.29. The van der Waals surface area contributed by atoms with Crippen molar-refractivity contribution in [3.63, 3.8) is 0 Å². The number of aromatic nitrogens is 1. The zero-order valence-electron chi connectivity index (χ0n) is 13.0. The van der Waals surface area contributed by atoms with Gasteiger partial charge in [-0.05, 0) is 38.8 Å². The summed E-state index contributed by atoms with van der Waals surface area (Å²) in [4.78, 5) is 7.20. The van der Waals surface area contributed by atoms with Crippen molar-refractivity contribution in [1.29, 1.82) is 0 Å². The van der Waals surface area contributed by atoms with Crippen LogP contribution in [0.4, 0.5) is 5.69 Å². The van der Waals surface area contributed by atoms with Crippen molar-refractivity contribution in [3.8, 4) is 0 Å². The maximum atomic E-state index is 4.76. The number of nitrogens with zero attached hydrogens (tertiary/aromatic N) is 2. The minimum Gasteiger partial charge on any atom is -0.365 e. The number of rotatable bonds is 4. The first-order valence-electron chi connectivity index (χ1n) is 7.52. The van der Waals surface area contributed by atoms with Gasteiger partial charge >= 0.3 is 0 Å². The largest absolute Gasteiger partial charge is 0.365 e. The molecule has 112 valence electrons. The molecule has 0 saturated carbocycles. The fraction of sp³-hybridized carbons (Fsp3) is 0.471. The molecule has 21 heavy (non-hydrogen) atoms. The van der Waals surface area contributed by atoms with E-state index >= 15 is 0 Å². The fourth-order valence-corrected chi connectivity index (χ4v) is 3.33. The van der Waals surface area contributed by atoms with Gasteiger partial charge in [-0.1, -0.05) is 18.2 Å². The molecule has 1 aliphatic heterocycles. The molecule has 4 heteroatoms. The highest BCUT2D eigenvalue weighted by molar-refractivity contribution is 7.09. The molecule has 1 aliphatic rings. The van der Waals surface area contributed by atoms with Crippen LogP contribution in [0.1, 0.15) is 37.0 Å². The van der Waals surface area contributed by atoms with Gasteiger partial charge in [0.15, 0.2) is 0 Å². The predicted octanol–water partition coefficient (Wildman–Crippen LogP) is 3.59. The van der Waals surface area contributed by atoms with Crippen molar-refractivity contribution >= 4 is 17.0 Å². The van der Waals surface area contributed by atoms with Crippen LogP contribution in [0.25, 0.3) is 0 Å². The number of anilines is 1. The number of fused-ring (bicyclic) bond motifs is 1. The van der Waals surface area contributed by atoms with Crippen LogP contribution in [-0.4, -0.2) is 17.1 Å². The average molecular weight is 301 g/mol. The second-order valence-corrected chi connectivity index (χ2v) is 7.58. The van der Waals surface area contributed by atoms with Gasteiger partial charge in [0.1, 0.15) is 5.01 Å². The molecule has 0 spiro atoms. The molecule has 0 bridgehead atoms. The van der Waals surface area contributed by atoms with Crippen LogP contribution < -0.4 is 10.2 Å². The summed E-state index contributed by atoms with van der Waals surface area (Å²) < 4.78 is 0. The van der Waals surface area contributed by atoms with E-state index in [1.54, 1.807) is 11.3 Å². The van der Waals surface area contributed by atoms with E-state index in [4.69, 9.17) is 4.98 Å². The topological polar surface area (TPSA) is 28.2 Å². The molecular weight excluding hydrogens is 278 g/mol. The zero-order valence-corrected chi connectivity index (χ0v) is 13.8. The van der Waals surface area contributed by atoms with Crippen LogP contribution in [0.5, 0.6) is 0 Å². The summed E-state index contributed by atoms with van der Waals surface area (Å²) in [5.41, 5.74) is 4.16. The van der Waals surface area contributed by atoms with Crippen molar-refractivity contribution < 1.29 is 0 Å². The lowest BCUT2D eigenvalue weighted by Crippen LogP contribution is -2.35. The molecule has 0 aliphatic carbocycles. The lowest BCUT2D eigenvalue weighted by atomic mass is 10.1. The third-order valence-electron chi connectivity index (χ3n) is 3.71. The second-order valence-electron chi connectivity index (χ2n) is 6.64. The molecule has 1 aromatic heterocycles. The van der Waals surface area contributed by atoms with Gasteiger partial charge in [-0.25, -0.2) is 4.98 Å². The SMILES string of the molecule is CC(C)(C)NCc1nc(CN2CCc3ccccc32)cs1. The minimum atomic E-state index is 0.139. The summed E-state index contributed by atoms with van der Waals surface area (Å²) in [6, 6.07) is 8.70. The maximum Gasteiger partial charge on any atom is 0.107 e. The van der Waals surface area contributed by atoms with Gasteiger partial charge in [-0.2, -0.15) is 0 Å². The third kappa shape index (κ3) is 3.63. The van der Waals surface area contributed by atoms with Crippen LogP contribution in [0.2, 0.25) is 0 Å². The second kappa shape index (κ2) is 5.78. The molecule has 3 nitrogen and oxygen atoms in total. The molecule has 0 unspecified atom stereocenters. The lowest BCUT2D eigenvalue weighted by molar-refractivity contribution is 0.423. The standard InChI is InChI=1S/C17H23N3S/c1-17(2,3)18-10-16-19-14(12-21-16)11-20-9-8-13-6-4-5-7-15(13)20/h4-7,12,18H,8-11H2,1-3H3. The average Bonchev–Trinajstić information content (AvgIpc) is 3.04. The third-order valence-corrected chi connectivity index (χ3v) is 4.60. The molecule has 2 heterocycles. The number of para-hydroxylation sites is 1.